The van der Waals surface area contributed by atoms with E-state index in [1.165, 1.54) is 16.3 Å². The van der Waals surface area contributed by atoms with E-state index in [1.54, 1.807) is 7.11 Å². The molecule has 0 atom stereocenters. The van der Waals surface area contributed by atoms with Crippen LogP contribution in [0.1, 0.15) is 25.0 Å². The molecule has 2 rings (SSSR count). The molecule has 0 saturated carbocycles. The predicted octanol–water partition coefficient (Wildman–Crippen LogP) is 3.52. The molecule has 2 nitrogen and oxygen atoms in total. The lowest BCUT2D eigenvalue weighted by atomic mass is 10.00. The molecule has 0 spiro atoms. The first kappa shape index (κ1) is 18.7. The third-order valence-corrected chi connectivity index (χ3v) is 7.01. The second-order valence-electron chi connectivity index (χ2n) is 5.92. The molecule has 2 aromatic carbocycles. The standard InChI is InChI=1S/C21H28NOSi/c1-5-22(6-2)16-24(17-23-4)21-14-12-20(13-15-21)18(3)19-10-8-7-9-11-19/h7-15H,3,5-6,16-17H2,1-2,4H3. The Balaban J connectivity index is 2.15. The van der Waals surface area contributed by atoms with E-state index in [-0.39, 0.29) is 0 Å². The molecule has 0 amide bonds. The lowest BCUT2D eigenvalue weighted by Crippen LogP contribution is -2.46. The lowest BCUT2D eigenvalue weighted by Gasteiger charge is -2.24. The van der Waals surface area contributed by atoms with Crippen molar-refractivity contribution < 1.29 is 4.74 Å². The fourth-order valence-corrected chi connectivity index (χ4v) is 5.24. The topological polar surface area (TPSA) is 12.5 Å². The third kappa shape index (κ3) is 4.90. The Morgan fingerprint density at radius 2 is 1.54 bits per heavy atom. The van der Waals surface area contributed by atoms with E-state index in [0.717, 1.165) is 31.1 Å². The highest BCUT2D eigenvalue weighted by molar-refractivity contribution is 6.73. The summed E-state index contributed by atoms with van der Waals surface area (Å²) in [5.74, 6) is 0. The zero-order valence-electron chi connectivity index (χ0n) is 15.1. The van der Waals surface area contributed by atoms with Crippen molar-refractivity contribution in [3.05, 3.63) is 72.3 Å². The Kier molecular flexibility index (Phi) is 7.44. The van der Waals surface area contributed by atoms with E-state index in [4.69, 9.17) is 4.74 Å². The van der Waals surface area contributed by atoms with Crippen LogP contribution in [0.4, 0.5) is 0 Å². The van der Waals surface area contributed by atoms with Gasteiger partial charge in [-0.15, -0.1) is 0 Å². The van der Waals surface area contributed by atoms with E-state index in [9.17, 15) is 0 Å². The molecule has 0 unspecified atom stereocenters. The van der Waals surface area contributed by atoms with E-state index >= 15 is 0 Å². The summed E-state index contributed by atoms with van der Waals surface area (Å²) in [6, 6.07) is 19.3. The predicted molar refractivity (Wildman–Crippen MR) is 106 cm³/mol. The Morgan fingerprint density at radius 1 is 0.958 bits per heavy atom. The number of methoxy groups -OCH3 is 1. The quantitative estimate of drug-likeness (QED) is 0.649. The van der Waals surface area contributed by atoms with E-state index in [0.29, 0.717) is 0 Å². The lowest BCUT2D eigenvalue weighted by molar-refractivity contribution is 0.245. The fourth-order valence-electron chi connectivity index (χ4n) is 2.82. The Labute approximate surface area is 148 Å². The summed E-state index contributed by atoms with van der Waals surface area (Å²) in [5, 5.41) is 1.43. The van der Waals surface area contributed by atoms with Gasteiger partial charge in [0.25, 0.3) is 0 Å². The van der Waals surface area contributed by atoms with Gasteiger partial charge in [-0.3, -0.25) is 0 Å². The van der Waals surface area contributed by atoms with Gasteiger partial charge in [-0.25, -0.2) is 0 Å². The van der Waals surface area contributed by atoms with Crippen LogP contribution in [0.2, 0.25) is 0 Å². The zero-order valence-corrected chi connectivity index (χ0v) is 16.1. The van der Waals surface area contributed by atoms with E-state index in [2.05, 4.69) is 73.9 Å². The molecule has 0 aliphatic heterocycles. The number of rotatable bonds is 9. The van der Waals surface area contributed by atoms with E-state index in [1.807, 2.05) is 6.07 Å². The van der Waals surface area contributed by atoms with Crippen LogP contribution in [0, 0.1) is 0 Å². The van der Waals surface area contributed by atoms with Crippen LogP contribution >= 0.6 is 0 Å². The minimum absolute atomic E-state index is 0.728. The molecule has 24 heavy (non-hydrogen) atoms. The van der Waals surface area contributed by atoms with Crippen molar-refractivity contribution in [3.8, 4) is 0 Å². The number of hydrogen-bond acceptors (Lipinski definition) is 2. The summed E-state index contributed by atoms with van der Waals surface area (Å²) in [5.41, 5.74) is 3.44. The highest BCUT2D eigenvalue weighted by Gasteiger charge is 2.17. The van der Waals surface area contributed by atoms with Gasteiger partial charge in [0, 0.05) is 13.3 Å². The molecular weight excluding hydrogens is 310 g/mol. The SMILES string of the molecule is C=C(c1ccccc1)c1ccc([Si](COC)CN(CC)CC)cc1. The Bertz CT molecular complexity index is 620. The Hall–Kier alpha value is -1.68. The van der Waals surface area contributed by atoms with Crippen molar-refractivity contribution in [3.63, 3.8) is 0 Å². The molecule has 0 fully saturated rings. The molecule has 0 aromatic heterocycles. The molecule has 0 bridgehead atoms. The van der Waals surface area contributed by atoms with Gasteiger partial charge in [-0.2, -0.15) is 0 Å². The minimum atomic E-state index is -0.728. The molecule has 0 N–H and O–H groups in total. The van der Waals surface area contributed by atoms with Crippen LogP contribution in [0.5, 0.6) is 0 Å². The summed E-state index contributed by atoms with van der Waals surface area (Å²) in [6.45, 7) is 10.9. The van der Waals surface area contributed by atoms with Gasteiger partial charge in [-0.05, 0) is 36.0 Å². The molecule has 0 saturated heterocycles. The van der Waals surface area contributed by atoms with Crippen molar-refractivity contribution in [2.45, 2.75) is 13.8 Å². The fraction of sp³-hybridized carbons (Fsp3) is 0.333. The maximum atomic E-state index is 5.50. The third-order valence-electron chi connectivity index (χ3n) is 4.39. The Morgan fingerprint density at radius 3 is 2.08 bits per heavy atom. The molecule has 1 radical (unpaired) electrons. The number of nitrogens with zero attached hydrogens (tertiary/aromatic N) is 1. The first-order chi connectivity index (χ1) is 11.7. The molecule has 127 valence electrons. The van der Waals surface area contributed by atoms with Crippen LogP contribution in [0.15, 0.2) is 61.2 Å². The van der Waals surface area contributed by atoms with Crippen molar-refractivity contribution in [1.29, 1.82) is 0 Å². The zero-order chi connectivity index (χ0) is 17.4. The first-order valence-corrected chi connectivity index (χ1v) is 10.5. The number of benzene rings is 2. The van der Waals surface area contributed by atoms with Crippen LogP contribution in [0.25, 0.3) is 5.57 Å². The average molecular weight is 339 g/mol. The van der Waals surface area contributed by atoms with Gasteiger partial charge in [0.1, 0.15) is 8.80 Å². The smallest absolute Gasteiger partial charge is 0.132 e. The average Bonchev–Trinajstić information content (AvgIpc) is 2.65. The monoisotopic (exact) mass is 338 g/mol. The van der Waals surface area contributed by atoms with Crippen molar-refractivity contribution >= 4 is 19.6 Å². The maximum Gasteiger partial charge on any atom is 0.132 e. The molecule has 0 aliphatic rings. The van der Waals surface area contributed by atoms with Crippen molar-refractivity contribution in [1.82, 2.24) is 4.90 Å². The van der Waals surface area contributed by atoms with Gasteiger partial charge >= 0.3 is 0 Å². The highest BCUT2D eigenvalue weighted by Crippen LogP contribution is 2.20. The van der Waals surface area contributed by atoms with Crippen LogP contribution in [0.3, 0.4) is 0 Å². The summed E-state index contributed by atoms with van der Waals surface area (Å²) in [7, 11) is 1.08. The summed E-state index contributed by atoms with van der Waals surface area (Å²) >= 11 is 0. The van der Waals surface area contributed by atoms with Gasteiger partial charge in [-0.1, -0.05) is 80.2 Å². The molecule has 3 heteroatoms. The van der Waals surface area contributed by atoms with Gasteiger partial charge < -0.3 is 9.64 Å². The van der Waals surface area contributed by atoms with Gasteiger partial charge in [0.05, 0.1) is 0 Å². The van der Waals surface area contributed by atoms with Gasteiger partial charge in [0.2, 0.25) is 0 Å². The number of hydrogen-bond donors (Lipinski definition) is 0. The normalized spacial score (nSPS) is 11.2. The molecule has 0 heterocycles. The summed E-state index contributed by atoms with van der Waals surface area (Å²) in [4.78, 5) is 2.49. The van der Waals surface area contributed by atoms with Gasteiger partial charge in [0.15, 0.2) is 0 Å². The number of ether oxygens (including phenoxy) is 1. The van der Waals surface area contributed by atoms with E-state index < -0.39 is 8.80 Å². The van der Waals surface area contributed by atoms with Crippen LogP contribution in [-0.4, -0.2) is 46.3 Å². The van der Waals surface area contributed by atoms with Crippen molar-refractivity contribution in [2.24, 2.45) is 0 Å². The molecule has 0 aliphatic carbocycles. The minimum Gasteiger partial charge on any atom is -0.388 e. The largest absolute Gasteiger partial charge is 0.388 e. The first-order valence-electron chi connectivity index (χ1n) is 8.60. The van der Waals surface area contributed by atoms with Crippen molar-refractivity contribution in [2.75, 3.05) is 32.6 Å². The van der Waals surface area contributed by atoms with Crippen LogP contribution in [-0.2, 0) is 4.74 Å². The molecule has 2 aromatic rings. The van der Waals surface area contributed by atoms with Crippen LogP contribution < -0.4 is 5.19 Å². The second kappa shape index (κ2) is 9.57. The summed E-state index contributed by atoms with van der Waals surface area (Å²) in [6.07, 6.45) is 1.98. The summed E-state index contributed by atoms with van der Waals surface area (Å²) < 4.78 is 5.50. The highest BCUT2D eigenvalue weighted by atomic mass is 28.3. The maximum absolute atomic E-state index is 5.50. The molecular formula is C21H28NOSi. The second-order valence-corrected chi connectivity index (χ2v) is 8.31.